The summed E-state index contributed by atoms with van der Waals surface area (Å²) in [6, 6.07) is 3.88. The van der Waals surface area contributed by atoms with Gasteiger partial charge in [0.2, 0.25) is 0 Å². The van der Waals surface area contributed by atoms with Crippen LogP contribution in [0.15, 0.2) is 12.1 Å². The summed E-state index contributed by atoms with van der Waals surface area (Å²) in [5.74, 6) is -0.802. The zero-order valence-electron chi connectivity index (χ0n) is 11.8. The highest BCUT2D eigenvalue weighted by molar-refractivity contribution is 6.43. The van der Waals surface area contributed by atoms with Gasteiger partial charge in [-0.1, -0.05) is 17.7 Å². The van der Waals surface area contributed by atoms with Crippen molar-refractivity contribution in [3.8, 4) is 0 Å². The molecule has 0 unspecified atom stereocenters. The molecule has 98 valence electrons. The Morgan fingerprint density at radius 1 is 1.00 bits per heavy atom. The van der Waals surface area contributed by atoms with E-state index in [0.717, 1.165) is 16.7 Å². The van der Waals surface area contributed by atoms with Crippen molar-refractivity contribution in [2.75, 3.05) is 13.1 Å². The summed E-state index contributed by atoms with van der Waals surface area (Å²) < 4.78 is 0. The highest BCUT2D eigenvalue weighted by atomic mass is 16.2. The average Bonchev–Trinajstić information content (AvgIpc) is 2.28. The highest BCUT2D eigenvalue weighted by Gasteiger charge is 2.24. The molecule has 0 saturated heterocycles. The summed E-state index contributed by atoms with van der Waals surface area (Å²) in [6.07, 6.45) is 0. The Morgan fingerprint density at radius 2 is 1.44 bits per heavy atom. The second-order valence-corrected chi connectivity index (χ2v) is 4.58. The molecule has 0 bridgehead atoms. The Hall–Kier alpha value is -1.64. The van der Waals surface area contributed by atoms with Crippen molar-refractivity contribution in [3.05, 3.63) is 34.4 Å². The number of carbonyl (C=O) groups is 2. The van der Waals surface area contributed by atoms with Crippen molar-refractivity contribution >= 4 is 11.7 Å². The lowest BCUT2D eigenvalue weighted by atomic mass is 9.96. The normalized spacial score (nSPS) is 10.3. The summed E-state index contributed by atoms with van der Waals surface area (Å²) in [6.45, 7) is 10.6. The van der Waals surface area contributed by atoms with Crippen molar-refractivity contribution in [2.45, 2.75) is 34.6 Å². The number of amides is 1. The van der Waals surface area contributed by atoms with Crippen LogP contribution in [0.1, 0.15) is 40.9 Å². The number of hydrogen-bond acceptors (Lipinski definition) is 2. The number of nitrogens with zero attached hydrogens (tertiary/aromatic N) is 1. The van der Waals surface area contributed by atoms with Gasteiger partial charge in [-0.15, -0.1) is 0 Å². The molecule has 0 aliphatic carbocycles. The van der Waals surface area contributed by atoms with Crippen LogP contribution >= 0.6 is 0 Å². The fourth-order valence-corrected chi connectivity index (χ4v) is 2.30. The molecule has 0 N–H and O–H groups in total. The lowest BCUT2D eigenvalue weighted by Crippen LogP contribution is -2.36. The van der Waals surface area contributed by atoms with Crippen LogP contribution in [0.3, 0.4) is 0 Å². The number of rotatable bonds is 4. The summed E-state index contributed by atoms with van der Waals surface area (Å²) in [7, 11) is 0. The Balaban J connectivity index is 3.16. The van der Waals surface area contributed by atoms with Crippen molar-refractivity contribution in [3.63, 3.8) is 0 Å². The Morgan fingerprint density at radius 3 is 1.83 bits per heavy atom. The second-order valence-electron chi connectivity index (χ2n) is 4.58. The molecule has 0 aliphatic rings. The molecule has 0 spiro atoms. The number of aryl methyl sites for hydroxylation is 3. The third-order valence-corrected chi connectivity index (χ3v) is 3.15. The maximum absolute atomic E-state index is 12.3. The van der Waals surface area contributed by atoms with Crippen molar-refractivity contribution in [2.24, 2.45) is 0 Å². The van der Waals surface area contributed by atoms with E-state index in [1.165, 1.54) is 0 Å². The molecule has 0 radical (unpaired) electrons. The van der Waals surface area contributed by atoms with E-state index in [0.29, 0.717) is 18.7 Å². The zero-order chi connectivity index (χ0) is 13.9. The summed E-state index contributed by atoms with van der Waals surface area (Å²) in [4.78, 5) is 25.9. The number of ketones is 1. The van der Waals surface area contributed by atoms with E-state index in [1.807, 2.05) is 46.8 Å². The molecule has 1 aromatic rings. The van der Waals surface area contributed by atoms with E-state index in [4.69, 9.17) is 0 Å². The predicted octanol–water partition coefficient (Wildman–Crippen LogP) is 2.66. The molecule has 0 aromatic heterocycles. The fraction of sp³-hybridized carbons (Fsp3) is 0.467. The Kier molecular flexibility index (Phi) is 4.65. The van der Waals surface area contributed by atoms with E-state index in [2.05, 4.69) is 0 Å². The van der Waals surface area contributed by atoms with Gasteiger partial charge in [0.05, 0.1) is 0 Å². The predicted molar refractivity (Wildman–Crippen MR) is 72.9 cm³/mol. The molecule has 0 saturated carbocycles. The third-order valence-electron chi connectivity index (χ3n) is 3.15. The first kappa shape index (κ1) is 14.4. The minimum atomic E-state index is -0.407. The molecule has 0 atom stereocenters. The van der Waals surface area contributed by atoms with Crippen molar-refractivity contribution < 1.29 is 9.59 Å². The van der Waals surface area contributed by atoms with Gasteiger partial charge in [-0.2, -0.15) is 0 Å². The largest absolute Gasteiger partial charge is 0.336 e. The van der Waals surface area contributed by atoms with E-state index in [9.17, 15) is 9.59 Å². The van der Waals surface area contributed by atoms with E-state index < -0.39 is 11.7 Å². The lowest BCUT2D eigenvalue weighted by molar-refractivity contribution is -0.126. The van der Waals surface area contributed by atoms with E-state index >= 15 is 0 Å². The summed E-state index contributed by atoms with van der Waals surface area (Å²) in [5.41, 5.74) is 3.41. The zero-order valence-corrected chi connectivity index (χ0v) is 11.8. The van der Waals surface area contributed by atoms with Gasteiger partial charge in [0.15, 0.2) is 0 Å². The molecule has 0 heterocycles. The van der Waals surface area contributed by atoms with Crippen LogP contribution in [0.25, 0.3) is 0 Å². The van der Waals surface area contributed by atoms with Crippen LogP contribution in [0.5, 0.6) is 0 Å². The van der Waals surface area contributed by atoms with Crippen LogP contribution in [0, 0.1) is 20.8 Å². The molecule has 3 heteroatoms. The molecule has 1 amide bonds. The monoisotopic (exact) mass is 247 g/mol. The van der Waals surface area contributed by atoms with Gasteiger partial charge in [-0.25, -0.2) is 0 Å². The molecule has 1 rings (SSSR count). The third kappa shape index (κ3) is 2.78. The van der Waals surface area contributed by atoms with Crippen molar-refractivity contribution in [1.29, 1.82) is 0 Å². The molecule has 3 nitrogen and oxygen atoms in total. The van der Waals surface area contributed by atoms with Crippen LogP contribution in [0.4, 0.5) is 0 Å². The molecular formula is C15H21NO2. The van der Waals surface area contributed by atoms with Gasteiger partial charge in [0, 0.05) is 18.7 Å². The van der Waals surface area contributed by atoms with Crippen molar-refractivity contribution in [1.82, 2.24) is 4.90 Å². The van der Waals surface area contributed by atoms with Crippen LogP contribution in [-0.2, 0) is 4.79 Å². The number of Topliss-reactive ketones (excluding diaryl/α,β-unsaturated/α-hetero) is 1. The molecule has 18 heavy (non-hydrogen) atoms. The number of hydrogen-bond donors (Lipinski definition) is 0. The molecule has 1 aromatic carbocycles. The first-order valence-electron chi connectivity index (χ1n) is 6.33. The quantitative estimate of drug-likeness (QED) is 0.606. The van der Waals surface area contributed by atoms with E-state index in [1.54, 1.807) is 4.90 Å². The summed E-state index contributed by atoms with van der Waals surface area (Å²) in [5, 5.41) is 0. The number of benzene rings is 1. The Labute approximate surface area is 109 Å². The second kappa shape index (κ2) is 5.80. The first-order chi connectivity index (χ1) is 8.42. The molecule has 0 aliphatic heterocycles. The van der Waals surface area contributed by atoms with Gasteiger partial charge >= 0.3 is 0 Å². The maximum atomic E-state index is 12.3. The molecular weight excluding hydrogens is 226 g/mol. The van der Waals surface area contributed by atoms with Crippen LogP contribution in [-0.4, -0.2) is 29.7 Å². The topological polar surface area (TPSA) is 37.4 Å². The highest BCUT2D eigenvalue weighted by Crippen LogP contribution is 2.17. The van der Waals surface area contributed by atoms with Gasteiger partial charge in [0.1, 0.15) is 0 Å². The lowest BCUT2D eigenvalue weighted by Gasteiger charge is -2.19. The fourth-order valence-electron chi connectivity index (χ4n) is 2.30. The van der Waals surface area contributed by atoms with Gasteiger partial charge in [-0.3, -0.25) is 9.59 Å². The minimum absolute atomic E-state index is 0.395. The Bertz CT molecular complexity index is 450. The SMILES string of the molecule is CCN(CC)C(=O)C(=O)c1c(C)cc(C)cc1C. The van der Waals surface area contributed by atoms with Crippen LogP contribution in [0.2, 0.25) is 0 Å². The number of likely N-dealkylation sites (N-methyl/N-ethyl adjacent to an activating group) is 1. The first-order valence-corrected chi connectivity index (χ1v) is 6.33. The minimum Gasteiger partial charge on any atom is -0.336 e. The molecule has 0 fully saturated rings. The van der Waals surface area contributed by atoms with E-state index in [-0.39, 0.29) is 0 Å². The van der Waals surface area contributed by atoms with Gasteiger partial charge in [0.25, 0.3) is 11.7 Å². The van der Waals surface area contributed by atoms with Gasteiger partial charge in [-0.05, 0) is 45.7 Å². The average molecular weight is 247 g/mol. The maximum Gasteiger partial charge on any atom is 0.294 e. The smallest absolute Gasteiger partial charge is 0.294 e. The van der Waals surface area contributed by atoms with Crippen LogP contribution < -0.4 is 0 Å². The summed E-state index contributed by atoms with van der Waals surface area (Å²) >= 11 is 0. The number of carbonyl (C=O) groups excluding carboxylic acids is 2. The van der Waals surface area contributed by atoms with Gasteiger partial charge < -0.3 is 4.90 Å². The standard InChI is InChI=1S/C15H21NO2/c1-6-16(7-2)15(18)14(17)13-11(4)8-10(3)9-12(13)5/h8-9H,6-7H2,1-5H3.